The van der Waals surface area contributed by atoms with Crippen molar-refractivity contribution in [3.05, 3.63) is 47.7 Å². The molecular weight excluding hydrogens is 612 g/mol. The van der Waals surface area contributed by atoms with Crippen LogP contribution in [-0.4, -0.2) is 76.5 Å². The second-order valence-corrected chi connectivity index (χ2v) is 14.3. The molecule has 2 aliphatic heterocycles. The number of phenolic OH excluding ortho intramolecular Hbond substituents is 1. The van der Waals surface area contributed by atoms with Crippen molar-refractivity contribution in [1.29, 1.82) is 0 Å². The highest BCUT2D eigenvalue weighted by Crippen LogP contribution is 2.51. The lowest BCUT2D eigenvalue weighted by Crippen LogP contribution is -2.58. The van der Waals surface area contributed by atoms with Crippen molar-refractivity contribution < 1.29 is 23.4 Å². The summed E-state index contributed by atoms with van der Waals surface area (Å²) in [6, 6.07) is 6.85. The van der Waals surface area contributed by atoms with Crippen LogP contribution in [0.3, 0.4) is 0 Å². The van der Waals surface area contributed by atoms with E-state index >= 15 is 4.39 Å². The molecule has 1 N–H and O–H groups in total. The summed E-state index contributed by atoms with van der Waals surface area (Å²) in [5, 5.41) is 11.8. The highest BCUT2D eigenvalue weighted by Gasteiger charge is 2.51. The molecule has 0 radical (unpaired) electrons. The van der Waals surface area contributed by atoms with Gasteiger partial charge in [0.25, 0.3) is 0 Å². The number of nitrogens with zero attached hydrogens (tertiary/aromatic N) is 5. The molecule has 8 rings (SSSR count). The topological polar surface area (TPSA) is 83.8 Å². The maximum atomic E-state index is 16.9. The average Bonchev–Trinajstić information content (AvgIpc) is 3.32. The third-order valence-electron chi connectivity index (χ3n) is 11.3. The van der Waals surface area contributed by atoms with Crippen molar-refractivity contribution in [3.63, 3.8) is 0 Å². The van der Waals surface area contributed by atoms with Crippen molar-refractivity contribution in [2.24, 2.45) is 11.3 Å². The molecule has 250 valence electrons. The maximum absolute atomic E-state index is 16.9. The van der Waals surface area contributed by atoms with Gasteiger partial charge in [0.2, 0.25) is 0 Å². The summed E-state index contributed by atoms with van der Waals surface area (Å²) in [5.74, 6) is 2.30. The minimum absolute atomic E-state index is 0.0180. The summed E-state index contributed by atoms with van der Waals surface area (Å²) in [7, 11) is 0. The van der Waals surface area contributed by atoms with Crippen LogP contribution in [-0.2, 0) is 4.74 Å². The normalized spacial score (nSPS) is 26.2. The SMILES string of the molecule is C#Cc1c(F)ccc2cc(O)cc(-c3ncc4c(N5CCCOCC5)nc(OCC56CCCC5N(C5CC(C)C5)CCC6)nc4c3F)c12. The number of hydrogen-bond acceptors (Lipinski definition) is 8. The van der Waals surface area contributed by atoms with Gasteiger partial charge in [-0.1, -0.05) is 25.3 Å². The second kappa shape index (κ2) is 12.4. The van der Waals surface area contributed by atoms with Crippen LogP contribution in [0.1, 0.15) is 63.9 Å². The number of halogens is 2. The van der Waals surface area contributed by atoms with Crippen LogP contribution >= 0.6 is 0 Å². The predicted molar refractivity (Wildman–Crippen MR) is 181 cm³/mol. The molecule has 8 nitrogen and oxygen atoms in total. The Labute approximate surface area is 279 Å². The Balaban J connectivity index is 1.22. The third kappa shape index (κ3) is 5.32. The number of aromatic nitrogens is 3. The third-order valence-corrected chi connectivity index (χ3v) is 11.3. The number of rotatable bonds is 6. The fourth-order valence-corrected chi connectivity index (χ4v) is 8.94. The number of aromatic hydroxyl groups is 1. The van der Waals surface area contributed by atoms with Crippen molar-refractivity contribution in [3.8, 4) is 35.4 Å². The van der Waals surface area contributed by atoms with E-state index in [-0.39, 0.29) is 39.5 Å². The number of ether oxygens (including phenoxy) is 2. The minimum Gasteiger partial charge on any atom is -0.508 e. The van der Waals surface area contributed by atoms with Gasteiger partial charge in [-0.3, -0.25) is 9.88 Å². The van der Waals surface area contributed by atoms with Crippen LogP contribution in [0.5, 0.6) is 11.8 Å². The average molecular weight is 654 g/mol. The first-order chi connectivity index (χ1) is 23.3. The van der Waals surface area contributed by atoms with Crippen LogP contribution in [0.15, 0.2) is 30.5 Å². The summed E-state index contributed by atoms with van der Waals surface area (Å²) < 4.78 is 44.0. The summed E-state index contributed by atoms with van der Waals surface area (Å²) in [4.78, 5) is 19.0. The van der Waals surface area contributed by atoms with E-state index in [9.17, 15) is 9.50 Å². The van der Waals surface area contributed by atoms with Crippen molar-refractivity contribution in [1.82, 2.24) is 19.9 Å². The molecule has 0 bridgehead atoms. The largest absolute Gasteiger partial charge is 0.508 e. The van der Waals surface area contributed by atoms with Crippen LogP contribution < -0.4 is 9.64 Å². The summed E-state index contributed by atoms with van der Waals surface area (Å²) in [5.41, 5.74) is 0.137. The molecule has 48 heavy (non-hydrogen) atoms. The fourth-order valence-electron chi connectivity index (χ4n) is 8.94. The van der Waals surface area contributed by atoms with Gasteiger partial charge in [-0.25, -0.2) is 8.78 Å². The van der Waals surface area contributed by atoms with Gasteiger partial charge in [-0.2, -0.15) is 9.97 Å². The lowest BCUT2D eigenvalue weighted by atomic mass is 9.72. The molecule has 0 amide bonds. The fraction of sp³-hybridized carbons (Fsp3) is 0.500. The van der Waals surface area contributed by atoms with Crippen LogP contribution in [0.25, 0.3) is 32.9 Å². The van der Waals surface area contributed by atoms with Gasteiger partial charge in [-0.05, 0) is 81.0 Å². The molecule has 2 atom stereocenters. The Morgan fingerprint density at radius 3 is 2.77 bits per heavy atom. The molecule has 2 aromatic carbocycles. The lowest BCUT2D eigenvalue weighted by Gasteiger charge is -2.53. The molecule has 0 spiro atoms. The molecule has 2 saturated heterocycles. The first-order valence-electron chi connectivity index (χ1n) is 17.3. The van der Waals surface area contributed by atoms with Gasteiger partial charge >= 0.3 is 6.01 Å². The van der Waals surface area contributed by atoms with Crippen molar-refractivity contribution in [2.75, 3.05) is 44.4 Å². The Bertz CT molecular complexity index is 1920. The zero-order valence-corrected chi connectivity index (χ0v) is 27.4. The van der Waals surface area contributed by atoms with E-state index in [1.165, 1.54) is 49.9 Å². The predicted octanol–water partition coefficient (Wildman–Crippen LogP) is 6.85. The van der Waals surface area contributed by atoms with Gasteiger partial charge in [0.15, 0.2) is 5.82 Å². The molecule has 2 saturated carbocycles. The number of hydrogen-bond donors (Lipinski definition) is 1. The molecule has 10 heteroatoms. The van der Waals surface area contributed by atoms with E-state index < -0.39 is 11.6 Å². The van der Waals surface area contributed by atoms with E-state index in [0.717, 1.165) is 38.1 Å². The molecule has 4 aromatic rings. The molecule has 4 heterocycles. The van der Waals surface area contributed by atoms with Crippen LogP contribution in [0.4, 0.5) is 14.6 Å². The van der Waals surface area contributed by atoms with E-state index in [0.29, 0.717) is 67.0 Å². The van der Waals surface area contributed by atoms with Crippen molar-refractivity contribution >= 4 is 27.5 Å². The highest BCUT2D eigenvalue weighted by atomic mass is 19.1. The smallest absolute Gasteiger partial charge is 0.319 e. The van der Waals surface area contributed by atoms with Crippen molar-refractivity contribution in [2.45, 2.75) is 70.4 Å². The van der Waals surface area contributed by atoms with Gasteiger partial charge in [0.05, 0.1) is 24.2 Å². The number of pyridine rings is 1. The van der Waals surface area contributed by atoms with Gasteiger partial charge in [0.1, 0.15) is 28.6 Å². The molecular formula is C38H41F2N5O3. The molecule has 2 aromatic heterocycles. The monoisotopic (exact) mass is 653 g/mol. The first kappa shape index (κ1) is 31.2. The van der Waals surface area contributed by atoms with Gasteiger partial charge in [0, 0.05) is 54.3 Å². The summed E-state index contributed by atoms with van der Waals surface area (Å²) >= 11 is 0. The summed E-state index contributed by atoms with van der Waals surface area (Å²) in [6.07, 6.45) is 16.3. The number of piperidine rings is 1. The molecule has 2 aliphatic carbocycles. The first-order valence-corrected chi connectivity index (χ1v) is 17.3. The Kier molecular flexibility index (Phi) is 8.08. The van der Waals surface area contributed by atoms with E-state index in [1.807, 2.05) is 0 Å². The number of phenols is 1. The summed E-state index contributed by atoms with van der Waals surface area (Å²) in [6.45, 7) is 6.38. The second-order valence-electron chi connectivity index (χ2n) is 14.3. The molecule has 4 fully saturated rings. The van der Waals surface area contributed by atoms with E-state index in [1.54, 1.807) is 6.20 Å². The highest BCUT2D eigenvalue weighted by molar-refractivity contribution is 6.03. The van der Waals surface area contributed by atoms with Gasteiger partial charge < -0.3 is 19.5 Å². The molecule has 4 aliphatic rings. The zero-order chi connectivity index (χ0) is 33.0. The van der Waals surface area contributed by atoms with Crippen LogP contribution in [0.2, 0.25) is 0 Å². The van der Waals surface area contributed by atoms with Crippen LogP contribution in [0, 0.1) is 35.3 Å². The van der Waals surface area contributed by atoms with E-state index in [2.05, 4.69) is 27.6 Å². The number of anilines is 1. The maximum Gasteiger partial charge on any atom is 0.319 e. The Morgan fingerprint density at radius 1 is 1.08 bits per heavy atom. The minimum atomic E-state index is -0.717. The molecule has 2 unspecified atom stereocenters. The lowest BCUT2D eigenvalue weighted by molar-refractivity contribution is -0.0511. The standard InChI is InChI=1S/C38H41F2N5O3/c1-3-27-30(39)9-8-24-19-26(46)20-28(32(24)27)34-33(40)35-29(21-41-34)36(44-12-6-15-47-16-14-44)43-37(42-35)48-22-38-10-4-7-31(38)45(13-5-11-38)25-17-23(2)18-25/h1,8-9,19-21,23,25,31,46H,4-7,10-18,22H2,2H3. The van der Waals surface area contributed by atoms with Gasteiger partial charge in [-0.15, -0.1) is 6.42 Å². The quantitative estimate of drug-likeness (QED) is 0.227. The number of likely N-dealkylation sites (tertiary alicyclic amines) is 1. The van der Waals surface area contributed by atoms with E-state index in [4.69, 9.17) is 25.9 Å². The Hall–Kier alpha value is -4.07. The number of fused-ring (bicyclic) bond motifs is 3. The number of terminal acetylenes is 1. The Morgan fingerprint density at radius 2 is 1.94 bits per heavy atom. The number of benzene rings is 2. The zero-order valence-electron chi connectivity index (χ0n) is 27.4.